The van der Waals surface area contributed by atoms with E-state index in [1.165, 1.54) is 41.3 Å². The van der Waals surface area contributed by atoms with Crippen molar-refractivity contribution in [2.75, 3.05) is 4.90 Å². The number of aliphatic hydroxyl groups excluding tert-OH is 1. The zero-order valence-corrected chi connectivity index (χ0v) is 17.4. The number of furan rings is 1. The molecule has 4 aromatic rings. The van der Waals surface area contributed by atoms with Gasteiger partial charge in [0.15, 0.2) is 16.7 Å². The van der Waals surface area contributed by atoms with Crippen LogP contribution < -0.4 is 4.90 Å². The number of phenols is 1. The van der Waals surface area contributed by atoms with Crippen LogP contribution in [0.3, 0.4) is 0 Å². The van der Waals surface area contributed by atoms with Crippen LogP contribution >= 0.6 is 11.3 Å². The van der Waals surface area contributed by atoms with Gasteiger partial charge in [0.2, 0.25) is 5.78 Å². The number of rotatable bonds is 4. The van der Waals surface area contributed by atoms with E-state index < -0.39 is 29.3 Å². The molecule has 2 aromatic carbocycles. The molecule has 1 amide bonds. The first-order valence-electron chi connectivity index (χ1n) is 9.56. The first kappa shape index (κ1) is 20.0. The number of nitrogens with zero attached hydrogens (tertiary/aromatic N) is 2. The predicted octanol–water partition coefficient (Wildman–Crippen LogP) is 4.83. The van der Waals surface area contributed by atoms with Gasteiger partial charge < -0.3 is 14.6 Å². The average Bonchev–Trinajstić information content (AvgIpc) is 3.44. The van der Waals surface area contributed by atoms with Crippen molar-refractivity contribution in [1.82, 2.24) is 4.98 Å². The molecule has 7 nitrogen and oxygen atoms in total. The van der Waals surface area contributed by atoms with Gasteiger partial charge in [0.1, 0.15) is 17.3 Å². The van der Waals surface area contributed by atoms with Crippen LogP contribution in [0.2, 0.25) is 0 Å². The Labute approximate surface area is 184 Å². The van der Waals surface area contributed by atoms with Crippen molar-refractivity contribution < 1.29 is 28.6 Å². The molecule has 2 aromatic heterocycles. The molecule has 3 heterocycles. The number of thiazole rings is 1. The Balaban J connectivity index is 1.68. The van der Waals surface area contributed by atoms with Crippen LogP contribution in [0.5, 0.6) is 5.75 Å². The van der Waals surface area contributed by atoms with Gasteiger partial charge in [-0.25, -0.2) is 9.37 Å². The molecular formula is C23H15FN2O5S. The summed E-state index contributed by atoms with van der Waals surface area (Å²) in [4.78, 5) is 32.0. The monoisotopic (exact) mass is 450 g/mol. The molecule has 0 saturated carbocycles. The van der Waals surface area contributed by atoms with Gasteiger partial charge in [0.25, 0.3) is 5.91 Å². The number of halogens is 1. The Bertz CT molecular complexity index is 1420. The lowest BCUT2D eigenvalue weighted by Gasteiger charge is -2.24. The number of aliphatic hydroxyl groups is 1. The maximum absolute atomic E-state index is 13.7. The van der Waals surface area contributed by atoms with Gasteiger partial charge in [0, 0.05) is 0 Å². The molecule has 0 spiro atoms. The number of phenolic OH excluding ortho intramolecular Hbond substituents is 1. The number of carbonyl (C=O) groups is 2. The molecule has 1 unspecified atom stereocenters. The lowest BCUT2D eigenvalue weighted by Crippen LogP contribution is -2.30. The molecule has 2 N–H and O–H groups in total. The summed E-state index contributed by atoms with van der Waals surface area (Å²) in [5.41, 5.74) is 0.780. The summed E-state index contributed by atoms with van der Waals surface area (Å²) < 4.78 is 19.6. The molecule has 9 heteroatoms. The van der Waals surface area contributed by atoms with Crippen molar-refractivity contribution in [2.24, 2.45) is 0 Å². The van der Waals surface area contributed by atoms with E-state index in [1.54, 1.807) is 25.1 Å². The maximum atomic E-state index is 13.7. The van der Waals surface area contributed by atoms with E-state index in [0.717, 1.165) is 11.3 Å². The Morgan fingerprint density at radius 2 is 1.88 bits per heavy atom. The van der Waals surface area contributed by atoms with E-state index in [1.807, 2.05) is 0 Å². The molecule has 1 atom stereocenters. The largest absolute Gasteiger partial charge is 0.508 e. The van der Waals surface area contributed by atoms with Crippen molar-refractivity contribution >= 4 is 38.4 Å². The summed E-state index contributed by atoms with van der Waals surface area (Å²) in [6.45, 7) is 1.68. The molecule has 0 aliphatic carbocycles. The number of anilines is 1. The predicted molar refractivity (Wildman–Crippen MR) is 115 cm³/mol. The fraction of sp³-hybridized carbons (Fsp3) is 0.0870. The quantitative estimate of drug-likeness (QED) is 0.432. The zero-order valence-electron chi connectivity index (χ0n) is 16.6. The van der Waals surface area contributed by atoms with Gasteiger partial charge in [-0.2, -0.15) is 0 Å². The van der Waals surface area contributed by atoms with Crippen molar-refractivity contribution in [3.63, 3.8) is 0 Å². The summed E-state index contributed by atoms with van der Waals surface area (Å²) in [6, 6.07) is 12.0. The fourth-order valence-corrected chi connectivity index (χ4v) is 4.70. The molecule has 1 aliphatic heterocycles. The molecule has 0 fully saturated rings. The van der Waals surface area contributed by atoms with E-state index in [-0.39, 0.29) is 22.2 Å². The molecule has 160 valence electrons. The van der Waals surface area contributed by atoms with Crippen molar-refractivity contribution in [3.05, 3.63) is 88.8 Å². The number of aromatic hydroxyl groups is 1. The summed E-state index contributed by atoms with van der Waals surface area (Å²) in [7, 11) is 0. The van der Waals surface area contributed by atoms with Gasteiger partial charge >= 0.3 is 0 Å². The Hall–Kier alpha value is -3.98. The number of fused-ring (bicyclic) bond motifs is 1. The third-order valence-corrected chi connectivity index (χ3v) is 6.19. The summed E-state index contributed by atoms with van der Waals surface area (Å²) in [5, 5.41) is 20.6. The van der Waals surface area contributed by atoms with Crippen LogP contribution in [0.4, 0.5) is 9.52 Å². The number of amides is 1. The number of carbonyl (C=O) groups excluding carboxylic acids is 2. The number of aromatic nitrogens is 1. The second-order valence-corrected chi connectivity index (χ2v) is 8.29. The standard InChI is InChI=1S/C23H15FN2O5S/c1-11-2-9-16(31-11)20(28)18-19(12-3-6-14(27)7-4-12)26(22(30)21(18)29)23-25-15-8-5-13(24)10-17(15)32-23/h2-10,19,27,29H,1H3. The first-order valence-corrected chi connectivity index (χ1v) is 10.4. The van der Waals surface area contributed by atoms with Crippen molar-refractivity contribution in [2.45, 2.75) is 13.0 Å². The van der Waals surface area contributed by atoms with Crippen LogP contribution in [0.15, 0.2) is 70.3 Å². The fourth-order valence-electron chi connectivity index (χ4n) is 3.69. The minimum atomic E-state index is -1.02. The lowest BCUT2D eigenvalue weighted by atomic mass is 9.95. The van der Waals surface area contributed by atoms with E-state index in [9.17, 15) is 24.2 Å². The number of ketones is 1. The molecule has 5 rings (SSSR count). The minimum absolute atomic E-state index is 0.00261. The highest BCUT2D eigenvalue weighted by atomic mass is 32.1. The number of hydrogen-bond acceptors (Lipinski definition) is 7. The Morgan fingerprint density at radius 3 is 2.56 bits per heavy atom. The first-order chi connectivity index (χ1) is 15.3. The van der Waals surface area contributed by atoms with E-state index in [4.69, 9.17) is 4.42 Å². The molecular weight excluding hydrogens is 435 g/mol. The van der Waals surface area contributed by atoms with E-state index in [0.29, 0.717) is 21.5 Å². The van der Waals surface area contributed by atoms with Gasteiger partial charge in [-0.05, 0) is 55.0 Å². The molecule has 0 radical (unpaired) electrons. The lowest BCUT2D eigenvalue weighted by molar-refractivity contribution is -0.117. The maximum Gasteiger partial charge on any atom is 0.296 e. The SMILES string of the molecule is Cc1ccc(C(=O)C2=C(O)C(=O)N(c3nc4ccc(F)cc4s3)C2c2ccc(O)cc2)o1. The second kappa shape index (κ2) is 7.31. The van der Waals surface area contributed by atoms with Crippen LogP contribution in [0.25, 0.3) is 10.2 Å². The smallest absolute Gasteiger partial charge is 0.296 e. The van der Waals surface area contributed by atoms with Crippen LogP contribution in [0, 0.1) is 12.7 Å². The number of Topliss-reactive ketones (excluding diaryl/α,β-unsaturated/α-hetero) is 1. The number of benzene rings is 2. The molecule has 1 aliphatic rings. The highest BCUT2D eigenvalue weighted by Crippen LogP contribution is 2.44. The number of hydrogen-bond donors (Lipinski definition) is 2. The van der Waals surface area contributed by atoms with Crippen LogP contribution in [0.1, 0.15) is 27.9 Å². The third kappa shape index (κ3) is 3.14. The summed E-state index contributed by atoms with van der Waals surface area (Å²) >= 11 is 1.06. The van der Waals surface area contributed by atoms with Crippen molar-refractivity contribution in [3.8, 4) is 5.75 Å². The van der Waals surface area contributed by atoms with Gasteiger partial charge in [-0.15, -0.1) is 0 Å². The summed E-state index contributed by atoms with van der Waals surface area (Å²) in [6.07, 6.45) is 0. The summed E-state index contributed by atoms with van der Waals surface area (Å²) in [5.74, 6) is -2.13. The highest BCUT2D eigenvalue weighted by Gasteiger charge is 2.46. The van der Waals surface area contributed by atoms with Gasteiger partial charge in [0.05, 0.1) is 21.8 Å². The average molecular weight is 450 g/mol. The van der Waals surface area contributed by atoms with Crippen LogP contribution in [-0.4, -0.2) is 26.9 Å². The van der Waals surface area contributed by atoms with Crippen molar-refractivity contribution in [1.29, 1.82) is 0 Å². The Kier molecular flexibility index (Phi) is 4.56. The second-order valence-electron chi connectivity index (χ2n) is 7.28. The van der Waals surface area contributed by atoms with Crippen LogP contribution in [-0.2, 0) is 4.79 Å². The normalized spacial score (nSPS) is 16.4. The Morgan fingerprint density at radius 1 is 1.12 bits per heavy atom. The van der Waals surface area contributed by atoms with E-state index >= 15 is 0 Å². The van der Waals surface area contributed by atoms with Gasteiger partial charge in [-0.3, -0.25) is 14.5 Å². The molecule has 0 bridgehead atoms. The minimum Gasteiger partial charge on any atom is -0.508 e. The van der Waals surface area contributed by atoms with Gasteiger partial charge in [-0.1, -0.05) is 23.5 Å². The molecule has 0 saturated heterocycles. The van der Waals surface area contributed by atoms with E-state index in [2.05, 4.69) is 4.98 Å². The highest BCUT2D eigenvalue weighted by molar-refractivity contribution is 7.22. The molecule has 32 heavy (non-hydrogen) atoms. The third-order valence-electron chi connectivity index (χ3n) is 5.17. The zero-order chi connectivity index (χ0) is 22.6. The topological polar surface area (TPSA) is 104 Å². The number of aryl methyl sites for hydroxylation is 1.